The molecule has 0 aromatic carbocycles. The van der Waals surface area contributed by atoms with Gasteiger partial charge in [0.15, 0.2) is 5.65 Å². The van der Waals surface area contributed by atoms with Crippen molar-refractivity contribution in [3.8, 4) is 0 Å². The van der Waals surface area contributed by atoms with Crippen molar-refractivity contribution < 1.29 is 4.74 Å². The average molecular weight is 499 g/mol. The van der Waals surface area contributed by atoms with Gasteiger partial charge in [0.05, 0.1) is 12.2 Å². The van der Waals surface area contributed by atoms with Crippen LogP contribution >= 0.6 is 0 Å². The molecule has 7 heteroatoms. The van der Waals surface area contributed by atoms with Gasteiger partial charge in [-0.2, -0.15) is 0 Å². The lowest BCUT2D eigenvalue weighted by atomic mass is 9.64. The van der Waals surface area contributed by atoms with E-state index in [1.54, 1.807) is 4.57 Å². The molecule has 5 rings (SSSR count). The molecule has 0 radical (unpaired) electrons. The third-order valence-electron chi connectivity index (χ3n) is 8.67. The van der Waals surface area contributed by atoms with E-state index in [0.29, 0.717) is 30.9 Å². The Labute approximate surface area is 215 Å². The molecule has 3 saturated carbocycles. The first-order chi connectivity index (χ1) is 17.5. The zero-order chi connectivity index (χ0) is 25.6. The quantitative estimate of drug-likeness (QED) is 0.454. The van der Waals surface area contributed by atoms with Crippen molar-refractivity contribution in [1.82, 2.24) is 19.1 Å². The first-order valence-electron chi connectivity index (χ1n) is 14.5. The van der Waals surface area contributed by atoms with Gasteiger partial charge in [-0.15, -0.1) is 6.58 Å². The second-order valence-corrected chi connectivity index (χ2v) is 11.2. The van der Waals surface area contributed by atoms with Crippen LogP contribution in [0.25, 0.3) is 11.2 Å². The molecule has 0 aliphatic heterocycles. The summed E-state index contributed by atoms with van der Waals surface area (Å²) in [5.41, 5.74) is 0.361. The van der Waals surface area contributed by atoms with E-state index in [1.165, 1.54) is 49.5 Å². The summed E-state index contributed by atoms with van der Waals surface area (Å²) in [6, 6.07) is 0. The van der Waals surface area contributed by atoms with Crippen molar-refractivity contribution in [3.05, 3.63) is 39.3 Å². The minimum atomic E-state index is -0.234. The van der Waals surface area contributed by atoms with Gasteiger partial charge in [-0.05, 0) is 51.4 Å². The second kappa shape index (κ2) is 11.9. The molecule has 0 unspecified atom stereocenters. The van der Waals surface area contributed by atoms with Crippen molar-refractivity contribution in [2.24, 2.45) is 0 Å². The maximum atomic E-state index is 13.4. The van der Waals surface area contributed by atoms with Gasteiger partial charge in [0.2, 0.25) is 0 Å². The number of imidazole rings is 1. The molecule has 0 saturated heterocycles. The first kappa shape index (κ1) is 26.9. The van der Waals surface area contributed by atoms with Gasteiger partial charge in [0, 0.05) is 18.5 Å². The Bertz CT molecular complexity index is 1130. The maximum Gasteiger partial charge on any atom is 0.332 e. The number of hydrogen-bond donors (Lipinski definition) is 1. The van der Waals surface area contributed by atoms with Gasteiger partial charge in [0.25, 0.3) is 5.56 Å². The molecule has 0 atom stereocenters. The van der Waals surface area contributed by atoms with Crippen LogP contribution in [0.4, 0.5) is 0 Å². The van der Waals surface area contributed by atoms with Crippen molar-refractivity contribution in [2.45, 2.75) is 134 Å². The minimum Gasteiger partial charge on any atom is -0.371 e. The molecule has 2 heterocycles. The molecule has 200 valence electrons. The molecular formula is C29H46N4O3. The Morgan fingerprint density at radius 1 is 0.889 bits per heavy atom. The third kappa shape index (κ3) is 5.41. The van der Waals surface area contributed by atoms with Crippen LogP contribution < -0.4 is 11.2 Å². The highest BCUT2D eigenvalue weighted by atomic mass is 16.5. The Hall–Kier alpha value is -2.15. The second-order valence-electron chi connectivity index (χ2n) is 11.2. The summed E-state index contributed by atoms with van der Waals surface area (Å²) in [4.78, 5) is 35.1. The molecule has 0 spiro atoms. The SMILES string of the molecule is C=CCOC12CCCCCCCCCC(c3nc4c([nH]3)c(=O)n(CCC)c(=O)n4CCC)(CC1)CC2. The molecule has 3 fully saturated rings. The maximum absolute atomic E-state index is 13.4. The molecule has 36 heavy (non-hydrogen) atoms. The van der Waals surface area contributed by atoms with Gasteiger partial charge >= 0.3 is 5.69 Å². The number of fused-ring (bicyclic) bond motifs is 11. The number of rotatable bonds is 8. The summed E-state index contributed by atoms with van der Waals surface area (Å²) in [5.74, 6) is 0.903. The van der Waals surface area contributed by atoms with Gasteiger partial charge < -0.3 is 9.72 Å². The van der Waals surface area contributed by atoms with Crippen LogP contribution in [0.3, 0.4) is 0 Å². The number of hydrogen-bond acceptors (Lipinski definition) is 4. The summed E-state index contributed by atoms with van der Waals surface area (Å²) in [7, 11) is 0. The number of ether oxygens (including phenoxy) is 1. The van der Waals surface area contributed by atoms with E-state index in [2.05, 4.69) is 18.5 Å². The van der Waals surface area contributed by atoms with Crippen LogP contribution in [0.15, 0.2) is 22.2 Å². The van der Waals surface area contributed by atoms with Gasteiger partial charge in [-0.3, -0.25) is 13.9 Å². The standard InChI is InChI=1S/C29H46N4O3/c1-4-20-32-24-23(25(34)33(21-5-2)27(32)35)30-26(31-24)28-14-12-10-8-7-9-11-13-15-29(18-16-28,19-17-28)36-22-6-3/h6H,3-5,7-22H2,1-2H3,(H,30,31). The van der Waals surface area contributed by atoms with Crippen LogP contribution in [-0.2, 0) is 23.2 Å². The molecule has 3 aliphatic rings. The Kier molecular flexibility index (Phi) is 8.91. The average Bonchev–Trinajstić information content (AvgIpc) is 3.35. The topological polar surface area (TPSA) is 81.9 Å². The van der Waals surface area contributed by atoms with Crippen LogP contribution in [0.2, 0.25) is 0 Å². The summed E-state index contributed by atoms with van der Waals surface area (Å²) >= 11 is 0. The smallest absolute Gasteiger partial charge is 0.332 e. The summed E-state index contributed by atoms with van der Waals surface area (Å²) in [6.07, 6.45) is 18.4. The minimum absolute atomic E-state index is 0.0874. The predicted octanol–water partition coefficient (Wildman–Crippen LogP) is 5.98. The van der Waals surface area contributed by atoms with E-state index in [0.717, 1.165) is 57.2 Å². The fraction of sp³-hybridized carbons (Fsp3) is 0.759. The molecular weight excluding hydrogens is 452 g/mol. The summed E-state index contributed by atoms with van der Waals surface area (Å²) in [5, 5.41) is 0. The van der Waals surface area contributed by atoms with Gasteiger partial charge in [0.1, 0.15) is 11.3 Å². The zero-order valence-corrected chi connectivity index (χ0v) is 22.6. The Morgan fingerprint density at radius 3 is 2.14 bits per heavy atom. The molecule has 1 N–H and O–H groups in total. The number of H-pyrrole nitrogens is 1. The molecule has 7 nitrogen and oxygen atoms in total. The van der Waals surface area contributed by atoms with Crippen LogP contribution in [0.1, 0.15) is 116 Å². The molecule has 2 aromatic heterocycles. The largest absolute Gasteiger partial charge is 0.371 e. The van der Waals surface area contributed by atoms with E-state index in [4.69, 9.17) is 9.72 Å². The van der Waals surface area contributed by atoms with Crippen molar-refractivity contribution in [3.63, 3.8) is 0 Å². The predicted molar refractivity (Wildman–Crippen MR) is 146 cm³/mol. The fourth-order valence-corrected chi connectivity index (χ4v) is 6.55. The molecule has 2 bridgehead atoms. The number of nitrogens with one attached hydrogen (secondary N) is 1. The lowest BCUT2D eigenvalue weighted by Crippen LogP contribution is -2.44. The monoisotopic (exact) mass is 498 g/mol. The zero-order valence-electron chi connectivity index (χ0n) is 22.6. The lowest BCUT2D eigenvalue weighted by Gasteiger charge is -2.46. The van der Waals surface area contributed by atoms with Crippen molar-refractivity contribution >= 4 is 11.2 Å². The van der Waals surface area contributed by atoms with Crippen LogP contribution in [0.5, 0.6) is 0 Å². The fourth-order valence-electron chi connectivity index (χ4n) is 6.55. The number of nitrogens with zero attached hydrogens (tertiary/aromatic N) is 3. The molecule has 3 aliphatic carbocycles. The number of aryl methyl sites for hydroxylation is 1. The van der Waals surface area contributed by atoms with E-state index in [9.17, 15) is 9.59 Å². The Balaban J connectivity index is 1.77. The highest BCUT2D eigenvalue weighted by Crippen LogP contribution is 2.49. The summed E-state index contributed by atoms with van der Waals surface area (Å²) in [6.45, 7) is 9.52. The van der Waals surface area contributed by atoms with E-state index in [-0.39, 0.29) is 22.3 Å². The third-order valence-corrected chi connectivity index (χ3v) is 8.67. The van der Waals surface area contributed by atoms with Crippen LogP contribution in [0, 0.1) is 0 Å². The van der Waals surface area contributed by atoms with E-state index < -0.39 is 0 Å². The number of aromatic nitrogens is 4. The van der Waals surface area contributed by atoms with Crippen molar-refractivity contribution in [2.75, 3.05) is 6.61 Å². The molecule has 2 aromatic rings. The lowest BCUT2D eigenvalue weighted by molar-refractivity contribution is -0.0792. The van der Waals surface area contributed by atoms with Gasteiger partial charge in [-0.25, -0.2) is 9.78 Å². The van der Waals surface area contributed by atoms with E-state index in [1.807, 2.05) is 13.0 Å². The van der Waals surface area contributed by atoms with Crippen LogP contribution in [-0.4, -0.2) is 31.3 Å². The highest BCUT2D eigenvalue weighted by Gasteiger charge is 2.45. The first-order valence-corrected chi connectivity index (χ1v) is 14.5. The Morgan fingerprint density at radius 2 is 1.50 bits per heavy atom. The summed E-state index contributed by atoms with van der Waals surface area (Å²) < 4.78 is 9.56. The van der Waals surface area contributed by atoms with Crippen molar-refractivity contribution in [1.29, 1.82) is 0 Å². The number of aromatic amines is 1. The van der Waals surface area contributed by atoms with E-state index >= 15 is 0 Å². The highest BCUT2D eigenvalue weighted by molar-refractivity contribution is 5.70. The molecule has 0 amide bonds. The van der Waals surface area contributed by atoms with Gasteiger partial charge in [-0.1, -0.05) is 64.9 Å². The normalized spacial score (nSPS) is 25.8.